The number of aromatic nitrogens is 5. The Hall–Kier alpha value is -2.32. The van der Waals surface area contributed by atoms with Gasteiger partial charge < -0.3 is 19.0 Å². The lowest BCUT2D eigenvalue weighted by atomic mass is 9.84. The van der Waals surface area contributed by atoms with Gasteiger partial charge >= 0.3 is 0 Å². The third-order valence-corrected chi connectivity index (χ3v) is 6.77. The van der Waals surface area contributed by atoms with Crippen molar-refractivity contribution in [3.63, 3.8) is 0 Å². The molecule has 0 saturated carbocycles. The molecule has 2 atom stereocenters. The van der Waals surface area contributed by atoms with Gasteiger partial charge in [0.05, 0.1) is 24.0 Å². The standard InChI is InChI=1S/C20H24N6OS/c1-24-15(10-23-20(24)28-2)12-25-6-5-22-18(25)16-3-4-17-14-7-13(8-21-9-14)11-26(17)19(16)27/h3-6,10,13-14,21H,7-9,11-12H2,1-2H3/t13-,14+/m0/s1. The van der Waals surface area contributed by atoms with Crippen LogP contribution in [0.15, 0.2) is 40.7 Å². The smallest absolute Gasteiger partial charge is 0.261 e. The van der Waals surface area contributed by atoms with Crippen molar-refractivity contribution in [3.8, 4) is 11.4 Å². The Labute approximate surface area is 167 Å². The highest BCUT2D eigenvalue weighted by molar-refractivity contribution is 7.98. The lowest BCUT2D eigenvalue weighted by Gasteiger charge is -2.37. The largest absolute Gasteiger partial charge is 0.325 e. The Morgan fingerprint density at radius 1 is 1.29 bits per heavy atom. The summed E-state index contributed by atoms with van der Waals surface area (Å²) in [5.41, 5.74) is 3.00. The van der Waals surface area contributed by atoms with Gasteiger partial charge in [-0.15, -0.1) is 0 Å². The maximum Gasteiger partial charge on any atom is 0.261 e. The SMILES string of the molecule is CSc1ncc(Cn2ccnc2-c2ccc3n(c2=O)C[C@@H]2CNC[C@H]3C2)n1C. The van der Waals surface area contributed by atoms with Gasteiger partial charge in [0.15, 0.2) is 5.16 Å². The second-order valence-corrected chi connectivity index (χ2v) is 8.49. The lowest BCUT2D eigenvalue weighted by molar-refractivity contribution is 0.257. The van der Waals surface area contributed by atoms with Gasteiger partial charge in [0.2, 0.25) is 0 Å². The summed E-state index contributed by atoms with van der Waals surface area (Å²) < 4.78 is 6.11. The molecule has 2 bridgehead atoms. The molecule has 146 valence electrons. The van der Waals surface area contributed by atoms with E-state index in [1.807, 2.05) is 40.9 Å². The van der Waals surface area contributed by atoms with Crippen LogP contribution in [0.5, 0.6) is 0 Å². The van der Waals surface area contributed by atoms with Crippen LogP contribution in [-0.4, -0.2) is 43.0 Å². The van der Waals surface area contributed by atoms with E-state index in [2.05, 4.69) is 25.9 Å². The highest BCUT2D eigenvalue weighted by Crippen LogP contribution is 2.32. The summed E-state index contributed by atoms with van der Waals surface area (Å²) >= 11 is 1.62. The van der Waals surface area contributed by atoms with Crippen LogP contribution in [0.4, 0.5) is 0 Å². The number of fused-ring (bicyclic) bond motifs is 4. The fourth-order valence-electron chi connectivity index (χ4n) is 4.58. The molecule has 0 aromatic carbocycles. The number of hydrogen-bond donors (Lipinski definition) is 1. The molecular formula is C20H24N6OS. The molecule has 0 radical (unpaired) electrons. The van der Waals surface area contributed by atoms with Gasteiger partial charge in [-0.3, -0.25) is 4.79 Å². The Balaban J connectivity index is 1.53. The molecule has 1 N–H and O–H groups in total. The van der Waals surface area contributed by atoms with E-state index in [1.54, 1.807) is 18.0 Å². The number of thioether (sulfide) groups is 1. The molecule has 2 aliphatic heterocycles. The first-order valence-corrected chi connectivity index (χ1v) is 10.9. The van der Waals surface area contributed by atoms with E-state index in [1.165, 1.54) is 6.42 Å². The van der Waals surface area contributed by atoms with Gasteiger partial charge in [-0.2, -0.15) is 0 Å². The fourth-order valence-corrected chi connectivity index (χ4v) is 5.13. The van der Waals surface area contributed by atoms with E-state index in [4.69, 9.17) is 0 Å². The Kier molecular flexibility index (Phi) is 4.40. The molecule has 1 saturated heterocycles. The number of nitrogens with zero attached hydrogens (tertiary/aromatic N) is 5. The molecule has 8 heteroatoms. The van der Waals surface area contributed by atoms with E-state index >= 15 is 0 Å². The zero-order valence-electron chi connectivity index (χ0n) is 16.1. The van der Waals surface area contributed by atoms with Crippen molar-refractivity contribution in [3.05, 3.63) is 52.5 Å². The molecule has 5 rings (SSSR count). The Morgan fingerprint density at radius 3 is 3.00 bits per heavy atom. The van der Waals surface area contributed by atoms with Gasteiger partial charge in [0.25, 0.3) is 5.56 Å². The number of imidazole rings is 2. The molecule has 5 heterocycles. The maximum absolute atomic E-state index is 13.3. The Bertz CT molecular complexity index is 1080. The van der Waals surface area contributed by atoms with Crippen molar-refractivity contribution < 1.29 is 0 Å². The van der Waals surface area contributed by atoms with Crippen LogP contribution in [0.3, 0.4) is 0 Å². The fraction of sp³-hybridized carbons (Fsp3) is 0.450. The molecule has 1 fully saturated rings. The first-order valence-electron chi connectivity index (χ1n) is 9.66. The maximum atomic E-state index is 13.3. The predicted octanol–water partition coefficient (Wildman–Crippen LogP) is 1.92. The molecule has 28 heavy (non-hydrogen) atoms. The van der Waals surface area contributed by atoms with Crippen LogP contribution in [-0.2, 0) is 20.1 Å². The highest BCUT2D eigenvalue weighted by atomic mass is 32.2. The first kappa shape index (κ1) is 17.8. The lowest BCUT2D eigenvalue weighted by Crippen LogP contribution is -2.45. The predicted molar refractivity (Wildman–Crippen MR) is 110 cm³/mol. The summed E-state index contributed by atoms with van der Waals surface area (Å²) in [6, 6.07) is 4.08. The third kappa shape index (κ3) is 2.82. The normalized spacial score (nSPS) is 20.9. The van der Waals surface area contributed by atoms with Crippen molar-refractivity contribution in [1.29, 1.82) is 0 Å². The van der Waals surface area contributed by atoms with Crippen molar-refractivity contribution >= 4 is 11.8 Å². The molecule has 3 aromatic heterocycles. The summed E-state index contributed by atoms with van der Waals surface area (Å²) in [7, 11) is 2.02. The van der Waals surface area contributed by atoms with Crippen LogP contribution >= 0.6 is 11.8 Å². The summed E-state index contributed by atoms with van der Waals surface area (Å²) in [4.78, 5) is 22.3. The quantitative estimate of drug-likeness (QED) is 0.683. The van der Waals surface area contributed by atoms with Crippen LogP contribution in [0.25, 0.3) is 11.4 Å². The third-order valence-electron chi connectivity index (χ3n) is 6.02. The molecule has 0 spiro atoms. The minimum atomic E-state index is 0.0800. The molecule has 7 nitrogen and oxygen atoms in total. The molecule has 0 amide bonds. The van der Waals surface area contributed by atoms with Gasteiger partial charge in [-0.1, -0.05) is 11.8 Å². The molecular weight excluding hydrogens is 372 g/mol. The van der Waals surface area contributed by atoms with Gasteiger partial charge in [0, 0.05) is 44.1 Å². The number of hydrogen-bond acceptors (Lipinski definition) is 5. The van der Waals surface area contributed by atoms with E-state index in [-0.39, 0.29) is 5.56 Å². The summed E-state index contributed by atoms with van der Waals surface area (Å²) in [5.74, 6) is 1.70. The average molecular weight is 397 g/mol. The minimum Gasteiger partial charge on any atom is -0.325 e. The highest BCUT2D eigenvalue weighted by Gasteiger charge is 2.31. The second-order valence-electron chi connectivity index (χ2n) is 7.72. The van der Waals surface area contributed by atoms with E-state index in [0.29, 0.717) is 23.9 Å². The number of piperidine rings is 1. The summed E-state index contributed by atoms with van der Waals surface area (Å²) in [6.07, 6.45) is 8.79. The van der Waals surface area contributed by atoms with Crippen LogP contribution in [0.1, 0.15) is 23.7 Å². The number of rotatable bonds is 4. The summed E-state index contributed by atoms with van der Waals surface area (Å²) in [6.45, 7) is 3.39. The summed E-state index contributed by atoms with van der Waals surface area (Å²) in [5, 5.41) is 4.47. The van der Waals surface area contributed by atoms with Gasteiger partial charge in [-0.05, 0) is 37.3 Å². The average Bonchev–Trinajstić information content (AvgIpc) is 3.30. The monoisotopic (exact) mass is 396 g/mol. The topological polar surface area (TPSA) is 69.7 Å². The van der Waals surface area contributed by atoms with Crippen LogP contribution in [0.2, 0.25) is 0 Å². The van der Waals surface area contributed by atoms with Crippen LogP contribution in [0, 0.1) is 5.92 Å². The molecule has 0 unspecified atom stereocenters. The first-order chi connectivity index (χ1) is 13.7. The Morgan fingerprint density at radius 2 is 2.18 bits per heavy atom. The second kappa shape index (κ2) is 6.93. The van der Waals surface area contributed by atoms with Crippen molar-refractivity contribution in [2.45, 2.75) is 30.6 Å². The van der Waals surface area contributed by atoms with Gasteiger partial charge in [0.1, 0.15) is 5.82 Å². The minimum absolute atomic E-state index is 0.0800. The van der Waals surface area contributed by atoms with E-state index < -0.39 is 0 Å². The van der Waals surface area contributed by atoms with Gasteiger partial charge in [-0.25, -0.2) is 9.97 Å². The van der Waals surface area contributed by atoms with Crippen molar-refractivity contribution in [1.82, 2.24) is 29.0 Å². The number of nitrogens with one attached hydrogen (secondary N) is 1. The zero-order valence-corrected chi connectivity index (χ0v) is 16.9. The molecule has 0 aliphatic carbocycles. The van der Waals surface area contributed by atoms with Crippen LogP contribution < -0.4 is 10.9 Å². The number of pyridine rings is 1. The molecule has 3 aromatic rings. The molecule has 2 aliphatic rings. The van der Waals surface area contributed by atoms with E-state index in [9.17, 15) is 4.79 Å². The van der Waals surface area contributed by atoms with Crippen molar-refractivity contribution in [2.75, 3.05) is 19.3 Å². The van der Waals surface area contributed by atoms with Crippen molar-refractivity contribution in [2.24, 2.45) is 13.0 Å². The zero-order chi connectivity index (χ0) is 19.3. The van der Waals surface area contributed by atoms with E-state index in [0.717, 1.165) is 42.0 Å².